The molecule has 5 aliphatic rings. The summed E-state index contributed by atoms with van der Waals surface area (Å²) < 4.78 is 40.7. The highest BCUT2D eigenvalue weighted by atomic mass is 32.2. The summed E-state index contributed by atoms with van der Waals surface area (Å²) in [7, 11) is -2.14. The predicted octanol–water partition coefficient (Wildman–Crippen LogP) is 6.87. The lowest BCUT2D eigenvalue weighted by atomic mass is 9.75. The Bertz CT molecular complexity index is 2280. The number of nitrogens with zero attached hydrogens (tertiary/aromatic N) is 3. The van der Waals surface area contributed by atoms with E-state index >= 15 is 4.79 Å². The van der Waals surface area contributed by atoms with Gasteiger partial charge in [0.15, 0.2) is 0 Å². The average Bonchev–Trinajstić information content (AvgIpc) is 3.79. The molecule has 1 aromatic heterocycles. The summed E-state index contributed by atoms with van der Waals surface area (Å²) in [5.74, 6) is -0.518. The standard InChI is InChI=1S/C43H50N4O7S/c1-43(2,3)54-42(50)45-21-22-46(34(25-45)27-15-10-7-11-16-27)41(49)30-18-12-17-29-36(30)33-23-31-35(53-4)20-19-28(26-13-8-6-9-14-26)39(31)47(33)24-32-37(29)38(32)40(48)44-55(5,51)52/h7,10-12,15-17,19-20,23,26,30,34,36H,6,8-9,13-14,18,21-22,24-25H2,1-5H3,(H,44,48)/t30-,34+,36?/m1/s1. The number of aromatic nitrogens is 1. The molecule has 2 aliphatic heterocycles. The molecule has 1 saturated carbocycles. The first-order chi connectivity index (χ1) is 26.2. The first-order valence-corrected chi connectivity index (χ1v) is 21.3. The lowest BCUT2D eigenvalue weighted by molar-refractivity contribution is -0.141. The third-order valence-corrected chi connectivity index (χ3v) is 12.4. The molecule has 8 rings (SSSR count). The first kappa shape index (κ1) is 37.1. The van der Waals surface area contributed by atoms with Crippen LogP contribution in [0.1, 0.15) is 94.0 Å². The maximum absolute atomic E-state index is 15.3. The smallest absolute Gasteiger partial charge is 0.410 e. The first-order valence-electron chi connectivity index (χ1n) is 19.4. The summed E-state index contributed by atoms with van der Waals surface area (Å²) in [5.41, 5.74) is 6.31. The lowest BCUT2D eigenvalue weighted by Gasteiger charge is -2.44. The molecule has 3 aromatic rings. The molecule has 2 aromatic carbocycles. The molecule has 55 heavy (non-hydrogen) atoms. The van der Waals surface area contributed by atoms with Crippen LogP contribution in [0.2, 0.25) is 0 Å². The number of hydrogen-bond donors (Lipinski definition) is 1. The van der Waals surface area contributed by atoms with Crippen molar-refractivity contribution in [3.63, 3.8) is 0 Å². The second-order valence-electron chi connectivity index (χ2n) is 16.6. The third kappa shape index (κ3) is 6.98. The van der Waals surface area contributed by atoms with E-state index in [-0.39, 0.29) is 12.5 Å². The van der Waals surface area contributed by atoms with Crippen LogP contribution < -0.4 is 9.46 Å². The topological polar surface area (TPSA) is 127 Å². The van der Waals surface area contributed by atoms with E-state index in [1.807, 2.05) is 74.2 Å². The van der Waals surface area contributed by atoms with Gasteiger partial charge in [-0.3, -0.25) is 9.59 Å². The Morgan fingerprint density at radius 1 is 0.964 bits per heavy atom. The Kier molecular flexibility index (Phi) is 9.46. The maximum atomic E-state index is 15.3. The SMILES string of the molecule is COc1ccc(C2CCCCC2)c2c1cc1n2CC2=C(C(=O)NS(C)(=O)=O)C2=C2C=CC[C@@H](C(=O)N3CCN(C(=O)OC(C)(C)C)C[C@H]3c3ccccc3)C21. The monoisotopic (exact) mass is 766 g/mol. The van der Waals surface area contributed by atoms with Crippen molar-refractivity contribution in [3.05, 3.63) is 99.8 Å². The summed E-state index contributed by atoms with van der Waals surface area (Å²) in [6.07, 6.45) is 10.8. The number of amides is 3. The highest BCUT2D eigenvalue weighted by molar-refractivity contribution is 7.89. The number of carbonyl (C=O) groups is 3. The van der Waals surface area contributed by atoms with Crippen LogP contribution in [-0.2, 0) is 30.9 Å². The number of allylic oxidation sites excluding steroid dienone is 4. The van der Waals surface area contributed by atoms with Crippen molar-refractivity contribution in [2.24, 2.45) is 5.92 Å². The summed E-state index contributed by atoms with van der Waals surface area (Å²) >= 11 is 0. The number of methoxy groups -OCH3 is 1. The maximum Gasteiger partial charge on any atom is 0.410 e. The Morgan fingerprint density at radius 2 is 1.71 bits per heavy atom. The van der Waals surface area contributed by atoms with Gasteiger partial charge in [0.05, 0.1) is 36.4 Å². The molecule has 1 N–H and O–H groups in total. The molecular formula is C43H50N4O7S. The van der Waals surface area contributed by atoms with E-state index in [4.69, 9.17) is 9.47 Å². The minimum Gasteiger partial charge on any atom is -0.496 e. The van der Waals surface area contributed by atoms with E-state index in [0.717, 1.165) is 76.6 Å². The van der Waals surface area contributed by atoms with Crippen molar-refractivity contribution >= 4 is 38.8 Å². The number of rotatable bonds is 6. The molecule has 3 amide bonds. The molecule has 2 fully saturated rings. The van der Waals surface area contributed by atoms with Crippen LogP contribution in [-0.4, -0.2) is 79.3 Å². The quantitative estimate of drug-likeness (QED) is 0.290. The highest BCUT2D eigenvalue weighted by Crippen LogP contribution is 2.55. The van der Waals surface area contributed by atoms with Crippen LogP contribution in [0.25, 0.3) is 10.9 Å². The second kappa shape index (κ2) is 14.0. The third-order valence-electron chi connectivity index (χ3n) is 11.8. The van der Waals surface area contributed by atoms with Gasteiger partial charge in [-0.05, 0) is 85.9 Å². The van der Waals surface area contributed by atoms with Gasteiger partial charge in [-0.2, -0.15) is 0 Å². The molecule has 0 radical (unpaired) electrons. The zero-order valence-corrected chi connectivity index (χ0v) is 33.1. The molecule has 1 saturated heterocycles. The number of piperazine rings is 1. The van der Waals surface area contributed by atoms with Gasteiger partial charge in [-0.25, -0.2) is 17.9 Å². The number of ether oxygens (including phenoxy) is 2. The van der Waals surface area contributed by atoms with Crippen molar-refractivity contribution in [2.75, 3.05) is 33.0 Å². The van der Waals surface area contributed by atoms with Crippen LogP contribution in [0, 0.1) is 5.92 Å². The summed E-state index contributed by atoms with van der Waals surface area (Å²) in [6, 6.07) is 15.8. The Balaban J connectivity index is 1.25. The van der Waals surface area contributed by atoms with E-state index < -0.39 is 45.5 Å². The summed E-state index contributed by atoms with van der Waals surface area (Å²) in [6.45, 7) is 6.85. The largest absolute Gasteiger partial charge is 0.496 e. The van der Waals surface area contributed by atoms with Crippen molar-refractivity contribution in [1.29, 1.82) is 0 Å². The Labute approximate surface area is 323 Å². The molecule has 11 nitrogen and oxygen atoms in total. The fraction of sp³-hybridized carbons (Fsp3) is 0.465. The van der Waals surface area contributed by atoms with Gasteiger partial charge >= 0.3 is 6.09 Å². The molecule has 3 heterocycles. The van der Waals surface area contributed by atoms with Crippen LogP contribution in [0.15, 0.2) is 83.0 Å². The van der Waals surface area contributed by atoms with E-state index in [1.165, 1.54) is 12.0 Å². The summed E-state index contributed by atoms with van der Waals surface area (Å²) in [5, 5.41) is 0.973. The minimum absolute atomic E-state index is 0.0346. The van der Waals surface area contributed by atoms with Gasteiger partial charge < -0.3 is 23.8 Å². The van der Waals surface area contributed by atoms with Crippen molar-refractivity contribution in [3.8, 4) is 5.75 Å². The zero-order valence-electron chi connectivity index (χ0n) is 32.3. The lowest BCUT2D eigenvalue weighted by Crippen LogP contribution is -2.55. The highest BCUT2D eigenvalue weighted by Gasteiger charge is 2.49. The number of sulfonamides is 1. The second-order valence-corrected chi connectivity index (χ2v) is 18.4. The number of carbonyl (C=O) groups excluding carboxylic acids is 3. The summed E-state index contributed by atoms with van der Waals surface area (Å²) in [4.78, 5) is 45.8. The average molecular weight is 767 g/mol. The van der Waals surface area contributed by atoms with E-state index in [1.54, 1.807) is 12.0 Å². The van der Waals surface area contributed by atoms with E-state index in [2.05, 4.69) is 21.4 Å². The Morgan fingerprint density at radius 3 is 2.40 bits per heavy atom. The van der Waals surface area contributed by atoms with Crippen molar-refractivity contribution < 1.29 is 32.3 Å². The van der Waals surface area contributed by atoms with Crippen LogP contribution in [0.3, 0.4) is 0 Å². The Hall–Kier alpha value is -4.84. The number of nitrogens with one attached hydrogen (secondary N) is 1. The van der Waals surface area contributed by atoms with E-state index in [9.17, 15) is 18.0 Å². The van der Waals surface area contributed by atoms with Gasteiger partial charge in [-0.1, -0.05) is 67.8 Å². The van der Waals surface area contributed by atoms with Crippen molar-refractivity contribution in [1.82, 2.24) is 19.1 Å². The molecule has 0 bridgehead atoms. The van der Waals surface area contributed by atoms with Gasteiger partial charge in [-0.15, -0.1) is 0 Å². The fourth-order valence-corrected chi connectivity index (χ4v) is 9.88. The van der Waals surface area contributed by atoms with Crippen LogP contribution in [0.4, 0.5) is 4.79 Å². The molecule has 290 valence electrons. The molecule has 0 spiro atoms. The number of hydrogen-bond acceptors (Lipinski definition) is 7. The normalized spacial score (nSPS) is 22.8. The zero-order chi connectivity index (χ0) is 38.8. The molecule has 3 atom stereocenters. The van der Waals surface area contributed by atoms with Gasteiger partial charge in [0, 0.05) is 43.2 Å². The molecule has 1 unspecified atom stereocenters. The minimum atomic E-state index is -3.81. The number of fused-ring (bicyclic) bond motifs is 6. The fourth-order valence-electron chi connectivity index (χ4n) is 9.44. The van der Waals surface area contributed by atoms with Gasteiger partial charge in [0.2, 0.25) is 15.9 Å². The van der Waals surface area contributed by atoms with Crippen LogP contribution >= 0.6 is 0 Å². The van der Waals surface area contributed by atoms with Gasteiger partial charge in [0.25, 0.3) is 5.91 Å². The predicted molar refractivity (Wildman–Crippen MR) is 210 cm³/mol. The molecule has 3 aliphatic carbocycles. The van der Waals surface area contributed by atoms with Crippen molar-refractivity contribution in [2.45, 2.75) is 89.3 Å². The molecular weight excluding hydrogens is 717 g/mol. The molecule has 12 heteroatoms. The van der Waals surface area contributed by atoms with E-state index in [0.29, 0.717) is 37.5 Å². The van der Waals surface area contributed by atoms with Gasteiger partial charge in [0.1, 0.15) is 11.4 Å². The van der Waals surface area contributed by atoms with Crippen LogP contribution in [0.5, 0.6) is 5.75 Å². The number of benzene rings is 2.